The van der Waals surface area contributed by atoms with Crippen LogP contribution in [0.3, 0.4) is 0 Å². The first kappa shape index (κ1) is 13.8. The number of anilines is 1. The smallest absolute Gasteiger partial charge is 0.339 e. The molecule has 1 aromatic heterocycles. The lowest BCUT2D eigenvalue weighted by Crippen LogP contribution is -2.37. The van der Waals surface area contributed by atoms with Crippen molar-refractivity contribution >= 4 is 22.7 Å². The van der Waals surface area contributed by atoms with Gasteiger partial charge in [0.15, 0.2) is 0 Å². The minimum atomic E-state index is -0.941. The average molecular weight is 286 g/mol. The van der Waals surface area contributed by atoms with Gasteiger partial charge in [-0.1, -0.05) is 12.1 Å². The zero-order valence-electron chi connectivity index (χ0n) is 12.2. The van der Waals surface area contributed by atoms with Crippen molar-refractivity contribution in [3.63, 3.8) is 0 Å². The van der Waals surface area contributed by atoms with Crippen LogP contribution in [0.4, 0.5) is 5.82 Å². The van der Waals surface area contributed by atoms with E-state index in [4.69, 9.17) is 4.74 Å². The fourth-order valence-corrected chi connectivity index (χ4v) is 2.65. The average Bonchev–Trinajstić information content (AvgIpc) is 2.51. The van der Waals surface area contributed by atoms with E-state index in [0.29, 0.717) is 32.1 Å². The Morgan fingerprint density at radius 2 is 2.00 bits per heavy atom. The fourth-order valence-electron chi connectivity index (χ4n) is 2.65. The van der Waals surface area contributed by atoms with Gasteiger partial charge in [0.2, 0.25) is 0 Å². The predicted molar refractivity (Wildman–Crippen MR) is 81.2 cm³/mol. The number of carboxylic acid groups (broad SMARTS) is 1. The molecule has 21 heavy (non-hydrogen) atoms. The summed E-state index contributed by atoms with van der Waals surface area (Å²) in [6.07, 6.45) is 0. The van der Waals surface area contributed by atoms with Gasteiger partial charge in [-0.25, -0.2) is 9.78 Å². The van der Waals surface area contributed by atoms with Crippen molar-refractivity contribution in [2.75, 3.05) is 31.2 Å². The monoisotopic (exact) mass is 286 g/mol. The Hall–Kier alpha value is -2.14. The number of ether oxygens (including phenoxy) is 1. The molecule has 5 heteroatoms. The van der Waals surface area contributed by atoms with Crippen LogP contribution in [0.2, 0.25) is 0 Å². The summed E-state index contributed by atoms with van der Waals surface area (Å²) in [5.74, 6) is -0.392. The van der Waals surface area contributed by atoms with E-state index in [0.717, 1.165) is 22.0 Å². The zero-order chi connectivity index (χ0) is 15.0. The van der Waals surface area contributed by atoms with Crippen LogP contribution >= 0.6 is 0 Å². The van der Waals surface area contributed by atoms with Gasteiger partial charge >= 0.3 is 5.97 Å². The molecule has 0 radical (unpaired) electrons. The van der Waals surface area contributed by atoms with Gasteiger partial charge in [-0.05, 0) is 31.0 Å². The highest BCUT2D eigenvalue weighted by Crippen LogP contribution is 2.27. The quantitative estimate of drug-likeness (QED) is 0.918. The SMILES string of the molecule is Cc1ccc2cc(C(=O)O)c(N3CCOCC3)nc2c1C. The Balaban J connectivity index is 2.21. The Morgan fingerprint density at radius 1 is 1.29 bits per heavy atom. The van der Waals surface area contributed by atoms with Crippen molar-refractivity contribution in [2.45, 2.75) is 13.8 Å². The number of rotatable bonds is 2. The van der Waals surface area contributed by atoms with E-state index in [-0.39, 0.29) is 5.56 Å². The third-order valence-electron chi connectivity index (χ3n) is 4.03. The number of carboxylic acids is 1. The first-order valence-corrected chi connectivity index (χ1v) is 7.05. The van der Waals surface area contributed by atoms with E-state index in [1.807, 2.05) is 30.9 Å². The van der Waals surface area contributed by atoms with Crippen LogP contribution in [0.5, 0.6) is 0 Å². The topological polar surface area (TPSA) is 62.7 Å². The Labute approximate surface area is 123 Å². The number of aromatic nitrogens is 1. The van der Waals surface area contributed by atoms with Crippen molar-refractivity contribution in [1.82, 2.24) is 4.98 Å². The second-order valence-corrected chi connectivity index (χ2v) is 5.34. The van der Waals surface area contributed by atoms with Crippen LogP contribution in [0, 0.1) is 13.8 Å². The van der Waals surface area contributed by atoms with E-state index < -0.39 is 5.97 Å². The summed E-state index contributed by atoms with van der Waals surface area (Å²) < 4.78 is 5.33. The maximum atomic E-state index is 11.6. The molecule has 1 fully saturated rings. The number of aromatic carboxylic acids is 1. The molecule has 2 aromatic rings. The van der Waals surface area contributed by atoms with Gasteiger partial charge in [0, 0.05) is 18.5 Å². The largest absolute Gasteiger partial charge is 0.478 e. The Bertz CT molecular complexity index is 706. The molecular formula is C16H18N2O3. The van der Waals surface area contributed by atoms with Gasteiger partial charge in [0.1, 0.15) is 11.4 Å². The molecule has 1 saturated heterocycles. The van der Waals surface area contributed by atoms with Crippen LogP contribution in [-0.2, 0) is 4.74 Å². The van der Waals surface area contributed by atoms with Gasteiger partial charge in [-0.2, -0.15) is 0 Å². The standard InChI is InChI=1S/C16H18N2O3/c1-10-3-4-12-9-13(16(19)20)15(17-14(12)11(10)2)18-5-7-21-8-6-18/h3-4,9H,5-8H2,1-2H3,(H,19,20). The van der Waals surface area contributed by atoms with Crippen LogP contribution < -0.4 is 4.90 Å². The van der Waals surface area contributed by atoms with Crippen LogP contribution in [0.1, 0.15) is 21.5 Å². The summed E-state index contributed by atoms with van der Waals surface area (Å²) >= 11 is 0. The third kappa shape index (κ3) is 2.45. The molecule has 0 aliphatic carbocycles. The molecule has 5 nitrogen and oxygen atoms in total. The van der Waals surface area contributed by atoms with Crippen molar-refractivity contribution in [1.29, 1.82) is 0 Å². The van der Waals surface area contributed by atoms with E-state index >= 15 is 0 Å². The highest BCUT2D eigenvalue weighted by molar-refractivity contribution is 5.99. The minimum absolute atomic E-state index is 0.257. The molecule has 0 spiro atoms. The number of pyridine rings is 1. The van der Waals surface area contributed by atoms with Crippen molar-refractivity contribution < 1.29 is 14.6 Å². The molecule has 0 atom stereocenters. The Kier molecular flexibility index (Phi) is 3.51. The normalized spacial score (nSPS) is 15.4. The summed E-state index contributed by atoms with van der Waals surface area (Å²) in [4.78, 5) is 18.2. The predicted octanol–water partition coefficient (Wildman–Crippen LogP) is 2.39. The van der Waals surface area contributed by atoms with E-state index in [1.54, 1.807) is 6.07 Å². The van der Waals surface area contributed by atoms with Gasteiger partial charge in [0.05, 0.1) is 18.7 Å². The van der Waals surface area contributed by atoms with Gasteiger partial charge in [-0.15, -0.1) is 0 Å². The number of hydrogen-bond donors (Lipinski definition) is 1. The first-order chi connectivity index (χ1) is 10.1. The molecule has 1 N–H and O–H groups in total. The van der Waals surface area contributed by atoms with Gasteiger partial charge in [-0.3, -0.25) is 0 Å². The maximum Gasteiger partial charge on any atom is 0.339 e. The molecule has 0 saturated carbocycles. The molecule has 0 bridgehead atoms. The third-order valence-corrected chi connectivity index (χ3v) is 4.03. The summed E-state index contributed by atoms with van der Waals surface area (Å²) in [5, 5.41) is 10.3. The molecule has 0 unspecified atom stereocenters. The summed E-state index contributed by atoms with van der Waals surface area (Å²) in [6, 6.07) is 5.65. The number of nitrogens with zero attached hydrogens (tertiary/aromatic N) is 2. The summed E-state index contributed by atoms with van der Waals surface area (Å²) in [5.41, 5.74) is 3.39. The molecule has 110 valence electrons. The first-order valence-electron chi connectivity index (χ1n) is 7.05. The number of morpholine rings is 1. The molecule has 1 aliphatic heterocycles. The zero-order valence-corrected chi connectivity index (χ0v) is 12.2. The fraction of sp³-hybridized carbons (Fsp3) is 0.375. The molecule has 3 rings (SSSR count). The van der Waals surface area contributed by atoms with Crippen molar-refractivity contribution in [3.05, 3.63) is 34.9 Å². The number of carbonyl (C=O) groups is 1. The lowest BCUT2D eigenvalue weighted by molar-refractivity contribution is 0.0696. The molecular weight excluding hydrogens is 268 g/mol. The second kappa shape index (κ2) is 5.33. The van der Waals surface area contributed by atoms with Crippen molar-refractivity contribution in [3.8, 4) is 0 Å². The number of benzene rings is 1. The van der Waals surface area contributed by atoms with Gasteiger partial charge < -0.3 is 14.7 Å². The highest BCUT2D eigenvalue weighted by atomic mass is 16.5. The summed E-state index contributed by atoms with van der Waals surface area (Å²) in [7, 11) is 0. The van der Waals surface area contributed by atoms with E-state index in [1.165, 1.54) is 0 Å². The number of fused-ring (bicyclic) bond motifs is 1. The van der Waals surface area contributed by atoms with Crippen molar-refractivity contribution in [2.24, 2.45) is 0 Å². The molecule has 0 amide bonds. The number of hydrogen-bond acceptors (Lipinski definition) is 4. The van der Waals surface area contributed by atoms with E-state index in [9.17, 15) is 9.90 Å². The van der Waals surface area contributed by atoms with Crippen LogP contribution in [0.25, 0.3) is 10.9 Å². The molecule has 2 heterocycles. The van der Waals surface area contributed by atoms with Crippen LogP contribution in [-0.4, -0.2) is 42.4 Å². The molecule has 1 aliphatic rings. The maximum absolute atomic E-state index is 11.6. The molecule has 1 aromatic carbocycles. The van der Waals surface area contributed by atoms with Gasteiger partial charge in [0.25, 0.3) is 0 Å². The minimum Gasteiger partial charge on any atom is -0.478 e. The lowest BCUT2D eigenvalue weighted by atomic mass is 10.0. The van der Waals surface area contributed by atoms with E-state index in [2.05, 4.69) is 4.98 Å². The Morgan fingerprint density at radius 3 is 2.67 bits per heavy atom. The lowest BCUT2D eigenvalue weighted by Gasteiger charge is -2.29. The second-order valence-electron chi connectivity index (χ2n) is 5.34. The highest BCUT2D eigenvalue weighted by Gasteiger charge is 2.21. The summed E-state index contributed by atoms with van der Waals surface area (Å²) in [6.45, 7) is 6.61. The van der Waals surface area contributed by atoms with Crippen LogP contribution in [0.15, 0.2) is 18.2 Å². The number of aryl methyl sites for hydroxylation is 2.